The van der Waals surface area contributed by atoms with Crippen LogP contribution in [0.5, 0.6) is 0 Å². The molecule has 0 aliphatic heterocycles. The Hall–Kier alpha value is -1.33. The van der Waals surface area contributed by atoms with E-state index in [1.165, 1.54) is 6.07 Å². The van der Waals surface area contributed by atoms with Crippen molar-refractivity contribution in [2.75, 3.05) is 7.05 Å². The average molecular weight is 268 g/mol. The maximum atomic E-state index is 13.2. The molecule has 1 atom stereocenters. The molecule has 1 heterocycles. The van der Waals surface area contributed by atoms with E-state index >= 15 is 0 Å². The van der Waals surface area contributed by atoms with Crippen molar-refractivity contribution in [2.45, 2.75) is 19.4 Å². The second-order valence-electron chi connectivity index (χ2n) is 4.08. The molecule has 0 aliphatic carbocycles. The van der Waals surface area contributed by atoms with Crippen molar-refractivity contribution in [1.29, 1.82) is 0 Å². The zero-order chi connectivity index (χ0) is 13.1. The van der Waals surface area contributed by atoms with Gasteiger partial charge in [0.15, 0.2) is 11.6 Å². The molecule has 2 aromatic rings. The van der Waals surface area contributed by atoms with E-state index in [4.69, 9.17) is 0 Å². The largest absolute Gasteiger partial charge is 0.313 e. The van der Waals surface area contributed by atoms with Crippen LogP contribution in [0, 0.1) is 18.6 Å². The first-order chi connectivity index (χ1) is 8.60. The minimum atomic E-state index is -0.821. The zero-order valence-corrected chi connectivity index (χ0v) is 11.0. The third-order valence-corrected chi connectivity index (χ3v) is 3.60. The molecule has 0 saturated heterocycles. The number of benzene rings is 1. The van der Waals surface area contributed by atoms with Gasteiger partial charge in [-0.3, -0.25) is 0 Å². The maximum absolute atomic E-state index is 13.2. The SMILES string of the molecule is CNC(Cc1csc(C)n1)c1ccc(F)c(F)c1. The van der Waals surface area contributed by atoms with Crippen molar-refractivity contribution < 1.29 is 8.78 Å². The highest BCUT2D eigenvalue weighted by molar-refractivity contribution is 7.09. The monoisotopic (exact) mass is 268 g/mol. The lowest BCUT2D eigenvalue weighted by Crippen LogP contribution is -2.19. The van der Waals surface area contributed by atoms with Gasteiger partial charge in [-0.25, -0.2) is 13.8 Å². The third kappa shape index (κ3) is 2.91. The summed E-state index contributed by atoms with van der Waals surface area (Å²) >= 11 is 1.58. The van der Waals surface area contributed by atoms with Crippen LogP contribution < -0.4 is 5.32 Å². The van der Waals surface area contributed by atoms with Gasteiger partial charge in [0.2, 0.25) is 0 Å². The topological polar surface area (TPSA) is 24.9 Å². The number of thiazole rings is 1. The quantitative estimate of drug-likeness (QED) is 0.921. The van der Waals surface area contributed by atoms with Gasteiger partial charge >= 0.3 is 0 Å². The number of nitrogens with zero attached hydrogens (tertiary/aromatic N) is 1. The highest BCUT2D eigenvalue weighted by Crippen LogP contribution is 2.21. The van der Waals surface area contributed by atoms with Crippen LogP contribution in [0.25, 0.3) is 0 Å². The van der Waals surface area contributed by atoms with E-state index in [1.54, 1.807) is 24.5 Å². The number of nitrogens with one attached hydrogen (secondary N) is 1. The van der Waals surface area contributed by atoms with Crippen LogP contribution in [0.15, 0.2) is 23.6 Å². The summed E-state index contributed by atoms with van der Waals surface area (Å²) in [5, 5.41) is 6.09. The highest BCUT2D eigenvalue weighted by Gasteiger charge is 2.14. The molecule has 5 heteroatoms. The second-order valence-corrected chi connectivity index (χ2v) is 5.14. The fourth-order valence-electron chi connectivity index (χ4n) is 1.83. The summed E-state index contributed by atoms with van der Waals surface area (Å²) < 4.78 is 26.1. The molecule has 0 radical (unpaired) electrons. The maximum Gasteiger partial charge on any atom is 0.159 e. The summed E-state index contributed by atoms with van der Waals surface area (Å²) in [6, 6.07) is 3.91. The normalized spacial score (nSPS) is 12.7. The first-order valence-electron chi connectivity index (χ1n) is 5.63. The molecule has 0 amide bonds. The zero-order valence-electron chi connectivity index (χ0n) is 10.2. The fourth-order valence-corrected chi connectivity index (χ4v) is 2.45. The molecular formula is C13H14F2N2S. The number of hydrogen-bond donors (Lipinski definition) is 1. The Balaban J connectivity index is 2.19. The van der Waals surface area contributed by atoms with Crippen LogP contribution in [0.4, 0.5) is 8.78 Å². The molecule has 0 aliphatic rings. The Kier molecular flexibility index (Phi) is 4.04. The molecule has 18 heavy (non-hydrogen) atoms. The van der Waals surface area contributed by atoms with Gasteiger partial charge in [0.1, 0.15) is 0 Å². The number of hydrogen-bond acceptors (Lipinski definition) is 3. The lowest BCUT2D eigenvalue weighted by atomic mass is 10.0. The predicted octanol–water partition coefficient (Wildman–Crippen LogP) is 3.23. The number of rotatable bonds is 4. The Morgan fingerprint density at radius 2 is 2.11 bits per heavy atom. The van der Waals surface area contributed by atoms with E-state index in [0.717, 1.165) is 22.3 Å². The van der Waals surface area contributed by atoms with Crippen molar-refractivity contribution in [3.05, 3.63) is 51.5 Å². The molecular weight excluding hydrogens is 254 g/mol. The number of aromatic nitrogens is 1. The van der Waals surface area contributed by atoms with Crippen molar-refractivity contribution in [3.63, 3.8) is 0 Å². The molecule has 0 spiro atoms. The number of aryl methyl sites for hydroxylation is 1. The molecule has 1 unspecified atom stereocenters. The van der Waals surface area contributed by atoms with Crippen molar-refractivity contribution in [2.24, 2.45) is 0 Å². The van der Waals surface area contributed by atoms with Gasteiger partial charge in [-0.2, -0.15) is 0 Å². The summed E-state index contributed by atoms with van der Waals surface area (Å²) in [5.41, 5.74) is 1.68. The minimum absolute atomic E-state index is 0.0680. The summed E-state index contributed by atoms with van der Waals surface area (Å²) in [6.07, 6.45) is 0.659. The van der Waals surface area contributed by atoms with Crippen LogP contribution in [-0.2, 0) is 6.42 Å². The minimum Gasteiger partial charge on any atom is -0.313 e. The van der Waals surface area contributed by atoms with Gasteiger partial charge < -0.3 is 5.32 Å². The first-order valence-corrected chi connectivity index (χ1v) is 6.51. The summed E-state index contributed by atoms with van der Waals surface area (Å²) in [4.78, 5) is 4.37. The number of likely N-dealkylation sites (N-methyl/N-ethyl adjacent to an activating group) is 1. The Morgan fingerprint density at radius 3 is 2.67 bits per heavy atom. The first kappa shape index (κ1) is 13.1. The van der Waals surface area contributed by atoms with Gasteiger partial charge in [0, 0.05) is 17.8 Å². The van der Waals surface area contributed by atoms with Crippen LogP contribution in [0.1, 0.15) is 22.3 Å². The van der Waals surface area contributed by atoms with Crippen molar-refractivity contribution >= 4 is 11.3 Å². The van der Waals surface area contributed by atoms with Crippen LogP contribution >= 0.6 is 11.3 Å². The van der Waals surface area contributed by atoms with E-state index in [0.29, 0.717) is 6.42 Å². The molecule has 1 aromatic heterocycles. The van der Waals surface area contributed by atoms with Gasteiger partial charge in [-0.15, -0.1) is 11.3 Å². The van der Waals surface area contributed by atoms with Crippen molar-refractivity contribution in [1.82, 2.24) is 10.3 Å². The Labute approximate surface area is 109 Å². The van der Waals surface area contributed by atoms with E-state index < -0.39 is 11.6 Å². The molecule has 0 bridgehead atoms. The molecule has 0 saturated carbocycles. The molecule has 0 fully saturated rings. The standard InChI is InChI=1S/C13H14F2N2S/c1-8-17-10(7-18-8)6-13(16-2)9-3-4-11(14)12(15)5-9/h3-5,7,13,16H,6H2,1-2H3. The lowest BCUT2D eigenvalue weighted by Gasteiger charge is -2.15. The average Bonchev–Trinajstić information content (AvgIpc) is 2.75. The highest BCUT2D eigenvalue weighted by atomic mass is 32.1. The fraction of sp³-hybridized carbons (Fsp3) is 0.308. The molecule has 1 N–H and O–H groups in total. The second kappa shape index (κ2) is 5.54. The van der Waals surface area contributed by atoms with Crippen molar-refractivity contribution in [3.8, 4) is 0 Å². The van der Waals surface area contributed by atoms with Crippen LogP contribution in [-0.4, -0.2) is 12.0 Å². The van der Waals surface area contributed by atoms with E-state index in [1.807, 2.05) is 12.3 Å². The number of halogens is 2. The summed E-state index contributed by atoms with van der Waals surface area (Å²) in [5.74, 6) is -1.64. The van der Waals surface area contributed by atoms with Gasteiger partial charge in [0.25, 0.3) is 0 Å². The van der Waals surface area contributed by atoms with E-state index in [-0.39, 0.29) is 6.04 Å². The molecule has 1 aromatic carbocycles. The van der Waals surface area contributed by atoms with Gasteiger partial charge in [-0.1, -0.05) is 6.07 Å². The van der Waals surface area contributed by atoms with E-state index in [2.05, 4.69) is 10.3 Å². The smallest absolute Gasteiger partial charge is 0.159 e. The third-order valence-electron chi connectivity index (χ3n) is 2.77. The van der Waals surface area contributed by atoms with Crippen LogP contribution in [0.3, 0.4) is 0 Å². The molecule has 2 nitrogen and oxygen atoms in total. The molecule has 2 rings (SSSR count). The van der Waals surface area contributed by atoms with Gasteiger partial charge in [0.05, 0.1) is 10.7 Å². The lowest BCUT2D eigenvalue weighted by molar-refractivity contribution is 0.500. The Bertz CT molecular complexity index is 540. The Morgan fingerprint density at radius 1 is 1.33 bits per heavy atom. The van der Waals surface area contributed by atoms with Crippen LogP contribution in [0.2, 0.25) is 0 Å². The summed E-state index contributed by atoms with van der Waals surface area (Å²) in [6.45, 7) is 1.94. The van der Waals surface area contributed by atoms with E-state index in [9.17, 15) is 8.78 Å². The summed E-state index contributed by atoms with van der Waals surface area (Å²) in [7, 11) is 1.80. The van der Waals surface area contributed by atoms with Gasteiger partial charge in [-0.05, 0) is 31.7 Å². The molecule has 96 valence electrons. The predicted molar refractivity (Wildman–Crippen MR) is 68.7 cm³/mol.